The van der Waals surface area contributed by atoms with E-state index in [0.29, 0.717) is 5.56 Å². The number of piperazine rings is 1. The molecule has 0 amide bonds. The van der Waals surface area contributed by atoms with E-state index in [1.807, 2.05) is 48.8 Å². The van der Waals surface area contributed by atoms with Gasteiger partial charge in [0.2, 0.25) is 0 Å². The molecular formula is C21H21N5O. The van der Waals surface area contributed by atoms with Crippen molar-refractivity contribution in [3.63, 3.8) is 0 Å². The molecule has 1 fully saturated rings. The molecule has 4 rings (SSSR count). The lowest BCUT2D eigenvalue weighted by Gasteiger charge is -2.36. The fourth-order valence-corrected chi connectivity index (χ4v) is 3.40. The predicted molar refractivity (Wildman–Crippen MR) is 106 cm³/mol. The molecule has 0 N–H and O–H groups in total. The van der Waals surface area contributed by atoms with E-state index in [1.54, 1.807) is 19.3 Å². The van der Waals surface area contributed by atoms with E-state index in [-0.39, 0.29) is 5.78 Å². The average molecular weight is 359 g/mol. The van der Waals surface area contributed by atoms with Gasteiger partial charge in [-0.25, -0.2) is 4.98 Å². The number of aromatic nitrogens is 3. The van der Waals surface area contributed by atoms with Crippen molar-refractivity contribution in [2.45, 2.75) is 6.92 Å². The van der Waals surface area contributed by atoms with Crippen molar-refractivity contribution in [2.75, 3.05) is 36.0 Å². The van der Waals surface area contributed by atoms with Crippen LogP contribution in [-0.4, -0.2) is 46.9 Å². The van der Waals surface area contributed by atoms with Crippen molar-refractivity contribution in [2.24, 2.45) is 0 Å². The average Bonchev–Trinajstić information content (AvgIpc) is 2.74. The summed E-state index contributed by atoms with van der Waals surface area (Å²) in [7, 11) is 0. The van der Waals surface area contributed by atoms with Crippen LogP contribution in [0.2, 0.25) is 0 Å². The summed E-state index contributed by atoms with van der Waals surface area (Å²) in [5.41, 5.74) is 3.43. The van der Waals surface area contributed by atoms with E-state index in [0.717, 1.165) is 43.3 Å². The number of anilines is 2. The molecule has 1 aliphatic heterocycles. The van der Waals surface area contributed by atoms with E-state index < -0.39 is 0 Å². The number of rotatable bonds is 4. The third-order valence-electron chi connectivity index (χ3n) is 4.84. The zero-order chi connectivity index (χ0) is 18.6. The zero-order valence-electron chi connectivity index (χ0n) is 15.2. The molecule has 3 heterocycles. The Kier molecular flexibility index (Phi) is 4.78. The quantitative estimate of drug-likeness (QED) is 0.667. The highest BCUT2D eigenvalue weighted by Crippen LogP contribution is 2.24. The van der Waals surface area contributed by atoms with Gasteiger partial charge in [0.15, 0.2) is 5.78 Å². The van der Waals surface area contributed by atoms with Gasteiger partial charge in [-0.1, -0.05) is 24.3 Å². The molecule has 1 saturated heterocycles. The van der Waals surface area contributed by atoms with Crippen LogP contribution in [0.3, 0.4) is 0 Å². The summed E-state index contributed by atoms with van der Waals surface area (Å²) < 4.78 is 0. The van der Waals surface area contributed by atoms with Crippen molar-refractivity contribution in [1.29, 1.82) is 0 Å². The van der Waals surface area contributed by atoms with Gasteiger partial charge >= 0.3 is 0 Å². The SMILES string of the molecule is CC(=O)c1ccccc1-c1cncc(N2CCN(c3ccncc3)CC2)n1. The molecule has 2 aromatic heterocycles. The van der Waals surface area contributed by atoms with Crippen LogP contribution in [0.5, 0.6) is 0 Å². The molecule has 0 saturated carbocycles. The molecule has 0 atom stereocenters. The van der Waals surface area contributed by atoms with Crippen LogP contribution < -0.4 is 9.80 Å². The minimum Gasteiger partial charge on any atom is -0.368 e. The van der Waals surface area contributed by atoms with Crippen LogP contribution in [0.1, 0.15) is 17.3 Å². The van der Waals surface area contributed by atoms with E-state index in [2.05, 4.69) is 19.8 Å². The summed E-state index contributed by atoms with van der Waals surface area (Å²) >= 11 is 0. The second kappa shape index (κ2) is 7.53. The first-order valence-corrected chi connectivity index (χ1v) is 9.04. The zero-order valence-corrected chi connectivity index (χ0v) is 15.2. The van der Waals surface area contributed by atoms with Gasteiger partial charge in [-0.15, -0.1) is 0 Å². The lowest BCUT2D eigenvalue weighted by atomic mass is 10.0. The van der Waals surface area contributed by atoms with Crippen molar-refractivity contribution in [3.8, 4) is 11.3 Å². The number of benzene rings is 1. The monoisotopic (exact) mass is 359 g/mol. The highest BCUT2D eigenvalue weighted by molar-refractivity contribution is 6.00. The smallest absolute Gasteiger partial charge is 0.160 e. The fourth-order valence-electron chi connectivity index (χ4n) is 3.40. The Morgan fingerprint density at radius 3 is 2.33 bits per heavy atom. The Labute approximate surface area is 158 Å². The number of hydrogen-bond acceptors (Lipinski definition) is 6. The number of Topliss-reactive ketones (excluding diaryl/α,β-unsaturated/α-hetero) is 1. The van der Waals surface area contributed by atoms with Crippen molar-refractivity contribution >= 4 is 17.3 Å². The summed E-state index contributed by atoms with van der Waals surface area (Å²) in [5.74, 6) is 0.879. The molecule has 0 spiro atoms. The fraction of sp³-hybridized carbons (Fsp3) is 0.238. The molecular weight excluding hydrogens is 338 g/mol. The highest BCUT2D eigenvalue weighted by Gasteiger charge is 2.19. The third kappa shape index (κ3) is 3.65. The van der Waals surface area contributed by atoms with Gasteiger partial charge in [-0.05, 0) is 19.1 Å². The normalized spacial score (nSPS) is 14.3. The number of ketones is 1. The van der Waals surface area contributed by atoms with Gasteiger partial charge in [-0.3, -0.25) is 14.8 Å². The lowest BCUT2D eigenvalue weighted by Crippen LogP contribution is -2.46. The number of carbonyl (C=O) groups excluding carboxylic acids is 1. The molecule has 6 nitrogen and oxygen atoms in total. The first kappa shape index (κ1) is 17.1. The molecule has 136 valence electrons. The maximum atomic E-state index is 11.9. The molecule has 0 aliphatic carbocycles. The van der Waals surface area contributed by atoms with Crippen molar-refractivity contribution < 1.29 is 4.79 Å². The van der Waals surface area contributed by atoms with Gasteiger partial charge in [0.1, 0.15) is 5.82 Å². The first-order chi connectivity index (χ1) is 13.2. The number of carbonyl (C=O) groups is 1. The summed E-state index contributed by atoms with van der Waals surface area (Å²) in [6.07, 6.45) is 7.16. The molecule has 0 unspecified atom stereocenters. The minimum atomic E-state index is 0.0313. The van der Waals surface area contributed by atoms with Gasteiger partial charge in [-0.2, -0.15) is 0 Å². The first-order valence-electron chi connectivity index (χ1n) is 9.04. The van der Waals surface area contributed by atoms with Gasteiger partial charge in [0.05, 0.1) is 18.1 Å². The lowest BCUT2D eigenvalue weighted by molar-refractivity contribution is 0.101. The van der Waals surface area contributed by atoms with E-state index in [9.17, 15) is 4.79 Å². The third-order valence-corrected chi connectivity index (χ3v) is 4.84. The summed E-state index contributed by atoms with van der Waals surface area (Å²) in [6.45, 7) is 5.15. The van der Waals surface area contributed by atoms with Gasteiger partial charge < -0.3 is 9.80 Å². The molecule has 1 aromatic carbocycles. The molecule has 0 bridgehead atoms. The van der Waals surface area contributed by atoms with Crippen LogP contribution in [0.4, 0.5) is 11.5 Å². The standard InChI is InChI=1S/C21H21N5O/c1-16(27)18-4-2-3-5-19(18)20-14-23-15-21(24-20)26-12-10-25(11-13-26)17-6-8-22-9-7-17/h2-9,14-15H,10-13H2,1H3. The van der Waals surface area contributed by atoms with Crippen LogP contribution in [0, 0.1) is 0 Å². The predicted octanol–water partition coefficient (Wildman–Crippen LogP) is 3.07. The summed E-state index contributed by atoms with van der Waals surface area (Å²) in [6, 6.07) is 11.6. The highest BCUT2D eigenvalue weighted by atomic mass is 16.1. The van der Waals surface area contributed by atoms with E-state index >= 15 is 0 Å². The van der Waals surface area contributed by atoms with E-state index in [1.165, 1.54) is 5.69 Å². The number of nitrogens with zero attached hydrogens (tertiary/aromatic N) is 5. The summed E-state index contributed by atoms with van der Waals surface area (Å²) in [4.78, 5) is 29.8. The van der Waals surface area contributed by atoms with Crippen LogP contribution in [0.15, 0.2) is 61.2 Å². The van der Waals surface area contributed by atoms with E-state index in [4.69, 9.17) is 4.98 Å². The molecule has 0 radical (unpaired) electrons. The summed E-state index contributed by atoms with van der Waals surface area (Å²) in [5, 5.41) is 0. The Balaban J connectivity index is 1.53. The molecule has 6 heteroatoms. The topological polar surface area (TPSA) is 62.2 Å². The Hall–Kier alpha value is -3.28. The van der Waals surface area contributed by atoms with Crippen LogP contribution in [-0.2, 0) is 0 Å². The number of pyridine rings is 1. The van der Waals surface area contributed by atoms with Crippen molar-refractivity contribution in [1.82, 2.24) is 15.0 Å². The van der Waals surface area contributed by atoms with Crippen LogP contribution in [0.25, 0.3) is 11.3 Å². The molecule has 1 aliphatic rings. The Bertz CT molecular complexity index is 936. The molecule has 27 heavy (non-hydrogen) atoms. The molecule has 3 aromatic rings. The largest absolute Gasteiger partial charge is 0.368 e. The minimum absolute atomic E-state index is 0.0313. The van der Waals surface area contributed by atoms with Crippen molar-refractivity contribution in [3.05, 3.63) is 66.7 Å². The van der Waals surface area contributed by atoms with Crippen LogP contribution >= 0.6 is 0 Å². The Morgan fingerprint density at radius 2 is 1.59 bits per heavy atom. The Morgan fingerprint density at radius 1 is 0.889 bits per heavy atom. The second-order valence-corrected chi connectivity index (χ2v) is 6.54. The van der Waals surface area contributed by atoms with Gasteiger partial charge in [0.25, 0.3) is 0 Å². The second-order valence-electron chi connectivity index (χ2n) is 6.54. The maximum absolute atomic E-state index is 11.9. The maximum Gasteiger partial charge on any atom is 0.160 e. The number of hydrogen-bond donors (Lipinski definition) is 0. The van der Waals surface area contributed by atoms with Gasteiger partial charge in [0, 0.05) is 55.4 Å².